The van der Waals surface area contributed by atoms with Crippen LogP contribution >= 0.6 is 0 Å². The molecule has 844 valence electrons. The first-order chi connectivity index (χ1) is 69.1. The third-order valence-corrected chi connectivity index (χ3v) is 27.3. The molecular weight excluding hydrogens is 2000 g/mol. The summed E-state index contributed by atoms with van der Waals surface area (Å²) in [5, 5.41) is 351. The first-order valence-electron chi connectivity index (χ1n) is 46.9. The quantitative estimate of drug-likeness (QED) is 0.0199. The summed E-state index contributed by atoms with van der Waals surface area (Å²) in [6.45, 7) is -5.61. The van der Waals surface area contributed by atoms with Gasteiger partial charge in [-0.3, -0.25) is 28.8 Å². The van der Waals surface area contributed by atoms with Crippen LogP contribution in [0.5, 0.6) is 0 Å². The van der Waals surface area contributed by atoms with E-state index in [2.05, 4.69) is 21.3 Å². The van der Waals surface area contributed by atoms with Crippen LogP contribution in [0.25, 0.3) is 0 Å². The van der Waals surface area contributed by atoms with Gasteiger partial charge in [0.25, 0.3) is 12.9 Å². The number of aliphatic hydroxyl groups is 30. The summed E-state index contributed by atoms with van der Waals surface area (Å²) in [4.78, 5) is 76.6. The maximum atomic E-state index is 13.4. The van der Waals surface area contributed by atoms with E-state index in [0.717, 1.165) is 27.7 Å². The summed E-state index contributed by atoms with van der Waals surface area (Å²) in [6.07, 6.45) is -107. The van der Waals surface area contributed by atoms with E-state index < -0.39 is 458 Å². The molecule has 11 aliphatic heterocycles. The van der Waals surface area contributed by atoms with Gasteiger partial charge in [-0.1, -0.05) is 13.8 Å². The van der Waals surface area contributed by atoms with Gasteiger partial charge in [0, 0.05) is 39.5 Å². The Morgan fingerprint density at radius 2 is 0.575 bits per heavy atom. The molecule has 34 N–H and O–H groups in total. The maximum Gasteiger partial charge on any atom is 0.332 e. The van der Waals surface area contributed by atoms with Crippen LogP contribution in [0.3, 0.4) is 0 Å². The van der Waals surface area contributed by atoms with Crippen LogP contribution in [0.4, 0.5) is 0 Å². The molecule has 11 heterocycles. The fourth-order valence-electron chi connectivity index (χ4n) is 19.3. The molecule has 0 aliphatic carbocycles. The normalized spacial score (nSPS) is 47.5. The van der Waals surface area contributed by atoms with Gasteiger partial charge in [0.2, 0.25) is 23.6 Å². The number of nitrogens with one attached hydrogen (secondary N) is 4. The molecule has 11 rings (SSSR count). The fraction of sp³-hybridized carbons (Fsp3) is 0.928. The summed E-state index contributed by atoms with van der Waals surface area (Å²) >= 11 is 0. The van der Waals surface area contributed by atoms with Crippen molar-refractivity contribution in [1.29, 1.82) is 0 Å². The third-order valence-electron chi connectivity index (χ3n) is 27.3. The lowest BCUT2D eigenvalue weighted by Gasteiger charge is -2.51. The first-order valence-corrected chi connectivity index (χ1v) is 46.9. The van der Waals surface area contributed by atoms with E-state index in [4.69, 9.17) is 109 Å². The monoisotopic (exact) mass is 2130 g/mol. The summed E-state index contributed by atoms with van der Waals surface area (Å²) in [7, 11) is 0. The van der Waals surface area contributed by atoms with Gasteiger partial charge in [0.1, 0.15) is 238 Å². The van der Waals surface area contributed by atoms with E-state index >= 15 is 0 Å². The molecule has 11 aliphatic rings. The second-order valence-electron chi connectivity index (χ2n) is 37.4. The molecule has 0 spiro atoms. The molecule has 63 heteroatoms. The molecular formula is C83H138N4O59. The molecule has 146 heavy (non-hydrogen) atoms. The van der Waals surface area contributed by atoms with E-state index in [0.29, 0.717) is 0 Å². The first kappa shape index (κ1) is 121. The zero-order chi connectivity index (χ0) is 108. The van der Waals surface area contributed by atoms with Crippen LogP contribution in [-0.4, -0.2) is 599 Å². The Morgan fingerprint density at radius 1 is 0.308 bits per heavy atom. The Balaban J connectivity index is 0.906. The van der Waals surface area contributed by atoms with Crippen LogP contribution in [0.2, 0.25) is 0 Å². The van der Waals surface area contributed by atoms with Gasteiger partial charge >= 0.3 is 11.9 Å². The molecule has 11 saturated heterocycles. The Labute approximate surface area is 828 Å². The van der Waals surface area contributed by atoms with E-state index in [9.17, 15) is 182 Å². The summed E-state index contributed by atoms with van der Waals surface area (Å²) < 4.78 is 137. The molecule has 63 nitrogen and oxygen atoms in total. The topological polar surface area (TPSA) is 970 Å². The van der Waals surface area contributed by atoms with E-state index in [-0.39, 0.29) is 12.9 Å². The van der Waals surface area contributed by atoms with Crippen molar-refractivity contribution in [2.75, 3.05) is 72.7 Å². The lowest BCUT2D eigenvalue weighted by molar-refractivity contribution is -0.449. The number of carbonyl (C=O) groups excluding carboxylic acids is 6. The van der Waals surface area contributed by atoms with E-state index in [1.165, 1.54) is 20.8 Å². The molecule has 0 radical (unpaired) electrons. The zero-order valence-corrected chi connectivity index (χ0v) is 79.4. The van der Waals surface area contributed by atoms with Crippen LogP contribution in [0.1, 0.15) is 61.3 Å². The van der Waals surface area contributed by atoms with Gasteiger partial charge < -0.3 is 283 Å². The lowest BCUT2D eigenvalue weighted by atomic mass is 9.86. The number of hydrogen-bond donors (Lipinski definition) is 34. The summed E-state index contributed by atoms with van der Waals surface area (Å²) in [6, 6.07) is -7.43. The highest BCUT2D eigenvalue weighted by molar-refractivity contribution is 5.74. The Hall–Kier alpha value is -5.22. The molecule has 0 aromatic heterocycles. The minimum atomic E-state index is -2.92. The minimum absolute atomic E-state index is 0.264. The highest BCUT2D eigenvalue weighted by Gasteiger charge is 2.65. The highest BCUT2D eigenvalue weighted by Crippen LogP contribution is 2.46. The van der Waals surface area contributed by atoms with Gasteiger partial charge in [-0.25, -0.2) is 0 Å². The largest absolute Gasteiger partial charge is 0.410 e. The Bertz CT molecular complexity index is 4070. The van der Waals surface area contributed by atoms with Crippen molar-refractivity contribution in [3.05, 3.63) is 0 Å². The van der Waals surface area contributed by atoms with Crippen molar-refractivity contribution >= 4 is 36.6 Å². The molecule has 11 fully saturated rings. The van der Waals surface area contributed by atoms with Crippen LogP contribution in [0, 0.1) is 11.8 Å². The molecule has 25 unspecified atom stereocenters. The van der Waals surface area contributed by atoms with Crippen molar-refractivity contribution < 1.29 is 291 Å². The fourth-order valence-corrected chi connectivity index (χ4v) is 19.3. The van der Waals surface area contributed by atoms with Crippen molar-refractivity contribution in [2.24, 2.45) is 11.8 Å². The SMILES string of the molecule is CC(=O)NC1C(O)[C@H](O[C@@H]2OC(CO)[C@H](O)[C@H](O[C@]3(OC=O)C[C@@H](O)[C@@H](C)C(C(O)C(O)CO)O3)C2O)[C@H](CO)O[C@H]1OC1[C@@H](OCC2O[C@@H](O[C@@H]3C(CO)O[C@@H](O[C@@H]4C(CO)O[C@@H](C)C(NC(C)=O)[C@H]4O)C(NC(C)=O)[C@H]3O)C(O)[C@@H](O[C@H]3OC(CO)[C@@H](O)C(O)C3O[C@@H]3OC(CO)[C@H](O[C@@H]4OC(CO)[C@H](O)[C@H](O[C@]5(OC=O)C[C@@H](O)[C@@H](C)C(C(O)C(O)CO)O5)C4O)[C@H](O)C3NC(C)=O)[C@@H]2O)OC(CO)[C@@H](O)[C@@H]1O. The molecule has 57 atom stereocenters. The van der Waals surface area contributed by atoms with Crippen LogP contribution in [0.15, 0.2) is 0 Å². The summed E-state index contributed by atoms with van der Waals surface area (Å²) in [5.41, 5.74) is 0. The Kier molecular flexibility index (Phi) is 43.8. The molecule has 0 aromatic carbocycles. The second-order valence-corrected chi connectivity index (χ2v) is 37.4. The predicted octanol–water partition coefficient (Wildman–Crippen LogP) is -22.3. The third kappa shape index (κ3) is 26.8. The second kappa shape index (κ2) is 52.8. The molecule has 0 aromatic rings. The maximum absolute atomic E-state index is 13.4. The van der Waals surface area contributed by atoms with E-state index in [1.807, 2.05) is 0 Å². The molecule has 0 bridgehead atoms. The van der Waals surface area contributed by atoms with Gasteiger partial charge in [0.05, 0.1) is 122 Å². The van der Waals surface area contributed by atoms with Crippen LogP contribution < -0.4 is 21.3 Å². The van der Waals surface area contributed by atoms with Gasteiger partial charge in [-0.2, -0.15) is 0 Å². The molecule has 4 amide bonds. The number of carbonyl (C=O) groups is 6. The zero-order valence-electron chi connectivity index (χ0n) is 79.4. The van der Waals surface area contributed by atoms with Crippen molar-refractivity contribution in [3.8, 4) is 0 Å². The number of ether oxygens (including phenoxy) is 23. The number of hydrogen-bond acceptors (Lipinski definition) is 59. The average molecular weight is 2140 g/mol. The van der Waals surface area contributed by atoms with Gasteiger partial charge in [-0.15, -0.1) is 0 Å². The highest BCUT2D eigenvalue weighted by atomic mass is 16.9. The molecule has 0 saturated carbocycles. The number of amides is 4. The van der Waals surface area contributed by atoms with Gasteiger partial charge in [0.15, 0.2) is 50.3 Å². The number of aliphatic hydroxyl groups excluding tert-OH is 30. The van der Waals surface area contributed by atoms with Crippen molar-refractivity contribution in [1.82, 2.24) is 21.3 Å². The lowest BCUT2D eigenvalue weighted by Crippen LogP contribution is -2.71. The standard InChI is InChI=1S/C83H138N4O59/c1-23-30(104)8-82(125-21-98,143-63(23)47(108)32(106)10-88)145-70-51(112)36(14-92)128-78(61(70)122)138-67-40(18-96)133-75(45(56(67)117)86-28(6)102)141-72-58(119)49(110)34(12-90)130-80(72)124-20-42-53(114)69(60(121)77(135-42)137-66-39(17-95)132-74(44(55(66)116)85-27(5)101)136-65-38(16-94)127-25(3)43(54(65)115)84-26(4)100)140-81-73(59(120)50(111)35(13-91)131-81)142-76-46(87-29(7)103)57(118)68(41(19-97)134-76)139-79-62(123)71(52(113)37(15-93)129-79)146-83(126-22-99)9-31(105)24(2)64(144-83)48(109)33(107)11-89/h21-25,30-81,88-97,104-123H,8-20H2,1-7H3,(H,84,100)(H,85,101)(H,86,102)(H,87,103)/t23-,24-,25+,30-,31-,32?,33?,34?,35?,36?,37?,38?,39?,40+,41?,42?,43?,44?,45?,46?,47?,48?,49-,50-,51+,52+,53-,54-,55-,56?,57-,58+,59?,60?,61?,62?,63?,64?,65-,66-,67-,68+,69+,70+,71+,72?,73?,74+,75+,76+,77+,78+,79+,80+,81-,82+,83+/m1/s1. The average Bonchev–Trinajstić information content (AvgIpc) is 0.761. The van der Waals surface area contributed by atoms with Crippen molar-refractivity contribution in [3.63, 3.8) is 0 Å². The van der Waals surface area contributed by atoms with Crippen LogP contribution in [-0.2, 0) is 138 Å². The van der Waals surface area contributed by atoms with E-state index in [1.54, 1.807) is 0 Å². The summed E-state index contributed by atoms with van der Waals surface area (Å²) in [5.74, 6) is -11.8. The van der Waals surface area contributed by atoms with Gasteiger partial charge in [-0.05, 0) is 6.92 Å². The minimum Gasteiger partial charge on any atom is -0.410 e. The smallest absolute Gasteiger partial charge is 0.332 e. The predicted molar refractivity (Wildman–Crippen MR) is 452 cm³/mol. The van der Waals surface area contributed by atoms with Crippen molar-refractivity contribution in [2.45, 2.75) is 398 Å². The Morgan fingerprint density at radius 3 is 0.911 bits per heavy atom. The number of rotatable bonds is 43.